The van der Waals surface area contributed by atoms with Gasteiger partial charge in [0.1, 0.15) is 9.84 Å². The largest absolute Gasteiger partial charge is 0.330 e. The van der Waals surface area contributed by atoms with E-state index < -0.39 is 9.84 Å². The van der Waals surface area contributed by atoms with E-state index in [9.17, 15) is 8.42 Å². The van der Waals surface area contributed by atoms with Gasteiger partial charge in [0.05, 0.1) is 5.75 Å². The zero-order valence-corrected chi connectivity index (χ0v) is 10.1. The molecule has 5 heteroatoms. The first-order valence-corrected chi connectivity index (χ1v) is 6.99. The maximum absolute atomic E-state index is 11.2. The van der Waals surface area contributed by atoms with E-state index in [4.69, 9.17) is 17.3 Å². The van der Waals surface area contributed by atoms with Gasteiger partial charge >= 0.3 is 0 Å². The summed E-state index contributed by atoms with van der Waals surface area (Å²) >= 11 is 5.83. The molecule has 0 saturated carbocycles. The van der Waals surface area contributed by atoms with Gasteiger partial charge in [0.2, 0.25) is 0 Å². The highest BCUT2D eigenvalue weighted by molar-refractivity contribution is 7.90. The van der Waals surface area contributed by atoms with Crippen molar-refractivity contribution >= 4 is 21.4 Å². The monoisotopic (exact) mass is 247 g/mol. The Morgan fingerprint density at radius 3 is 2.60 bits per heavy atom. The highest BCUT2D eigenvalue weighted by Gasteiger charge is 2.15. The Balaban J connectivity index is 2.93. The Morgan fingerprint density at radius 1 is 1.47 bits per heavy atom. The molecule has 1 aromatic carbocycles. The third-order valence-corrected chi connectivity index (χ3v) is 3.35. The van der Waals surface area contributed by atoms with Crippen LogP contribution >= 0.6 is 11.6 Å². The second-order valence-corrected chi connectivity index (χ2v) is 6.20. The fraction of sp³-hybridized carbons (Fsp3) is 0.400. The number of rotatable bonds is 4. The van der Waals surface area contributed by atoms with Gasteiger partial charge in [-0.25, -0.2) is 8.42 Å². The molecule has 0 fully saturated rings. The lowest BCUT2D eigenvalue weighted by Gasteiger charge is -2.13. The maximum atomic E-state index is 11.2. The minimum Gasteiger partial charge on any atom is -0.330 e. The minimum atomic E-state index is -3.02. The van der Waals surface area contributed by atoms with Crippen molar-refractivity contribution in [2.24, 2.45) is 5.73 Å². The van der Waals surface area contributed by atoms with E-state index in [1.807, 2.05) is 6.07 Å². The highest BCUT2D eigenvalue weighted by Crippen LogP contribution is 2.20. The topological polar surface area (TPSA) is 60.2 Å². The van der Waals surface area contributed by atoms with Gasteiger partial charge < -0.3 is 5.73 Å². The smallest absolute Gasteiger partial charge is 0.148 e. The minimum absolute atomic E-state index is 0.0594. The van der Waals surface area contributed by atoms with Gasteiger partial charge in [-0.15, -0.1) is 0 Å². The van der Waals surface area contributed by atoms with Crippen molar-refractivity contribution in [3.05, 3.63) is 34.9 Å². The predicted molar refractivity (Wildman–Crippen MR) is 63.0 cm³/mol. The lowest BCUT2D eigenvalue weighted by Crippen LogP contribution is -2.21. The number of halogens is 1. The summed E-state index contributed by atoms with van der Waals surface area (Å²) in [6.07, 6.45) is 1.21. The van der Waals surface area contributed by atoms with Crippen molar-refractivity contribution in [3.63, 3.8) is 0 Å². The first kappa shape index (κ1) is 12.5. The van der Waals surface area contributed by atoms with Crippen LogP contribution in [0.1, 0.15) is 11.5 Å². The van der Waals surface area contributed by atoms with Crippen molar-refractivity contribution in [2.75, 3.05) is 18.6 Å². The van der Waals surface area contributed by atoms with E-state index >= 15 is 0 Å². The zero-order chi connectivity index (χ0) is 11.5. The highest BCUT2D eigenvalue weighted by atomic mass is 35.5. The Morgan fingerprint density at radius 2 is 2.13 bits per heavy atom. The van der Waals surface area contributed by atoms with E-state index in [1.54, 1.807) is 18.2 Å². The van der Waals surface area contributed by atoms with Gasteiger partial charge in [-0.05, 0) is 17.7 Å². The molecule has 0 aliphatic rings. The molecule has 0 saturated heterocycles. The number of hydrogen-bond donors (Lipinski definition) is 1. The zero-order valence-electron chi connectivity index (χ0n) is 8.48. The first-order valence-electron chi connectivity index (χ1n) is 4.55. The van der Waals surface area contributed by atoms with Crippen molar-refractivity contribution in [1.82, 2.24) is 0 Å². The molecule has 3 nitrogen and oxygen atoms in total. The molecule has 0 aliphatic heterocycles. The van der Waals surface area contributed by atoms with Crippen LogP contribution in [0, 0.1) is 0 Å². The molecule has 0 heterocycles. The Kier molecular flexibility index (Phi) is 4.13. The first-order chi connectivity index (χ1) is 6.92. The summed E-state index contributed by atoms with van der Waals surface area (Å²) in [5.74, 6) is -0.122. The summed E-state index contributed by atoms with van der Waals surface area (Å²) in [6, 6.07) is 7.14. The molecule has 0 amide bonds. The standard InChI is InChI=1S/C10H14ClNO2S/c1-15(13,14)7-9(6-12)8-3-2-4-10(11)5-8/h2-5,9H,6-7,12H2,1H3. The average molecular weight is 248 g/mol. The van der Waals surface area contributed by atoms with Crippen molar-refractivity contribution in [3.8, 4) is 0 Å². The van der Waals surface area contributed by atoms with Crippen LogP contribution in [0.15, 0.2) is 24.3 Å². The van der Waals surface area contributed by atoms with Crippen LogP contribution < -0.4 is 5.73 Å². The van der Waals surface area contributed by atoms with Crippen molar-refractivity contribution in [2.45, 2.75) is 5.92 Å². The maximum Gasteiger partial charge on any atom is 0.148 e. The molecule has 0 bridgehead atoms. The Hall–Kier alpha value is -0.580. The molecule has 0 radical (unpaired) electrons. The van der Waals surface area contributed by atoms with Crippen LogP contribution in [0.25, 0.3) is 0 Å². The summed E-state index contributed by atoms with van der Waals surface area (Å²) in [4.78, 5) is 0. The summed E-state index contributed by atoms with van der Waals surface area (Å²) < 4.78 is 22.3. The molecule has 0 aromatic heterocycles. The molecule has 1 unspecified atom stereocenters. The van der Waals surface area contributed by atoms with Crippen molar-refractivity contribution in [1.29, 1.82) is 0 Å². The van der Waals surface area contributed by atoms with Gasteiger partial charge in [-0.2, -0.15) is 0 Å². The van der Waals surface area contributed by atoms with Crippen molar-refractivity contribution < 1.29 is 8.42 Å². The Labute approximate surface area is 95.2 Å². The van der Waals surface area contributed by atoms with Crippen LogP contribution in [-0.2, 0) is 9.84 Å². The van der Waals surface area contributed by atoms with Crippen LogP contribution in [0.2, 0.25) is 5.02 Å². The third kappa shape index (κ3) is 4.20. The number of sulfone groups is 1. The molecule has 2 N–H and O–H groups in total. The van der Waals surface area contributed by atoms with E-state index in [1.165, 1.54) is 6.26 Å². The number of nitrogens with two attached hydrogens (primary N) is 1. The van der Waals surface area contributed by atoms with E-state index in [2.05, 4.69) is 0 Å². The fourth-order valence-electron chi connectivity index (χ4n) is 1.43. The molecule has 1 rings (SSSR count). The van der Waals surface area contributed by atoms with Gasteiger partial charge in [-0.3, -0.25) is 0 Å². The number of hydrogen-bond acceptors (Lipinski definition) is 3. The molecular formula is C10H14ClNO2S. The van der Waals surface area contributed by atoms with Gasteiger partial charge in [0, 0.05) is 23.7 Å². The number of benzene rings is 1. The van der Waals surface area contributed by atoms with E-state index in [0.29, 0.717) is 11.6 Å². The predicted octanol–water partition coefficient (Wildman–Crippen LogP) is 1.43. The molecule has 15 heavy (non-hydrogen) atoms. The molecule has 0 aliphatic carbocycles. The summed E-state index contributed by atoms with van der Waals surface area (Å²) in [5.41, 5.74) is 6.43. The molecule has 1 atom stereocenters. The third-order valence-electron chi connectivity index (χ3n) is 2.11. The molecule has 84 valence electrons. The van der Waals surface area contributed by atoms with Crippen LogP contribution in [0.4, 0.5) is 0 Å². The second kappa shape index (κ2) is 4.96. The average Bonchev–Trinajstić information content (AvgIpc) is 2.13. The molecular weight excluding hydrogens is 234 g/mol. The normalized spacial score (nSPS) is 13.8. The second-order valence-electron chi connectivity index (χ2n) is 3.58. The summed E-state index contributed by atoms with van der Waals surface area (Å²) in [7, 11) is -3.02. The summed E-state index contributed by atoms with van der Waals surface area (Å²) in [5, 5.41) is 0.597. The summed E-state index contributed by atoms with van der Waals surface area (Å²) in [6.45, 7) is 0.299. The fourth-order valence-corrected chi connectivity index (χ4v) is 2.68. The SMILES string of the molecule is CS(=O)(=O)CC(CN)c1cccc(Cl)c1. The van der Waals surface area contributed by atoms with Gasteiger partial charge in [0.15, 0.2) is 0 Å². The quantitative estimate of drug-likeness (QED) is 0.876. The molecule has 0 spiro atoms. The van der Waals surface area contributed by atoms with Crippen LogP contribution in [0.3, 0.4) is 0 Å². The van der Waals surface area contributed by atoms with Gasteiger partial charge in [-0.1, -0.05) is 23.7 Å². The van der Waals surface area contributed by atoms with Crippen LogP contribution in [-0.4, -0.2) is 27.0 Å². The molecule has 1 aromatic rings. The van der Waals surface area contributed by atoms with E-state index in [0.717, 1.165) is 5.56 Å². The lowest BCUT2D eigenvalue weighted by molar-refractivity contribution is 0.593. The van der Waals surface area contributed by atoms with Gasteiger partial charge in [0.25, 0.3) is 0 Å². The van der Waals surface area contributed by atoms with Crippen LogP contribution in [0.5, 0.6) is 0 Å². The van der Waals surface area contributed by atoms with E-state index in [-0.39, 0.29) is 11.7 Å². The Bertz CT molecular complexity index is 431. The lowest BCUT2D eigenvalue weighted by atomic mass is 10.0.